The number of hydrogen-bond donors (Lipinski definition) is 1. The molecule has 0 aliphatic carbocycles. The van der Waals surface area contributed by atoms with Crippen molar-refractivity contribution in [3.63, 3.8) is 0 Å². The molecule has 0 atom stereocenters. The number of carboxylic acid groups (broad SMARTS) is 1. The Morgan fingerprint density at radius 1 is 1.53 bits per heavy atom. The van der Waals surface area contributed by atoms with E-state index in [0.717, 1.165) is 5.56 Å². The van der Waals surface area contributed by atoms with Crippen molar-refractivity contribution in [3.05, 3.63) is 23.0 Å². The van der Waals surface area contributed by atoms with Gasteiger partial charge in [0.15, 0.2) is 0 Å². The van der Waals surface area contributed by atoms with Gasteiger partial charge in [0.25, 0.3) is 5.71 Å². The Morgan fingerprint density at radius 3 is 2.82 bits per heavy atom. The van der Waals surface area contributed by atoms with Crippen LogP contribution in [0.3, 0.4) is 0 Å². The summed E-state index contributed by atoms with van der Waals surface area (Å²) in [7, 11) is 0. The predicted molar refractivity (Wildman–Crippen MR) is 62.0 cm³/mol. The Morgan fingerprint density at radius 2 is 2.24 bits per heavy atom. The molecule has 0 radical (unpaired) electrons. The van der Waals surface area contributed by atoms with Gasteiger partial charge < -0.3 is 9.63 Å². The number of pyridine rings is 1. The van der Waals surface area contributed by atoms with Crippen molar-refractivity contribution < 1.29 is 14.4 Å². The summed E-state index contributed by atoms with van der Waals surface area (Å²) in [5.74, 6) is -0.596. The van der Waals surface area contributed by atoms with Gasteiger partial charge in [-0.1, -0.05) is 19.0 Å². The minimum atomic E-state index is -0.950. The van der Waals surface area contributed by atoms with Crippen LogP contribution in [-0.4, -0.2) is 21.2 Å². The zero-order valence-electron chi connectivity index (χ0n) is 10.0. The summed E-state index contributed by atoms with van der Waals surface area (Å²) in [5, 5.41) is 13.6. The summed E-state index contributed by atoms with van der Waals surface area (Å²) in [6, 6.07) is 0. The Hall–Kier alpha value is -1.91. The second-order valence-electron chi connectivity index (χ2n) is 4.50. The van der Waals surface area contributed by atoms with E-state index >= 15 is 0 Å². The molecule has 2 aromatic rings. The van der Waals surface area contributed by atoms with Gasteiger partial charge in [-0.05, 0) is 24.8 Å². The largest absolute Gasteiger partial charge is 0.478 e. The van der Waals surface area contributed by atoms with Crippen LogP contribution in [0.1, 0.15) is 35.5 Å². The first-order valence-electron chi connectivity index (χ1n) is 5.48. The van der Waals surface area contributed by atoms with Crippen molar-refractivity contribution in [2.75, 3.05) is 0 Å². The third-order valence-electron chi connectivity index (χ3n) is 2.64. The third-order valence-corrected chi connectivity index (χ3v) is 2.64. The highest BCUT2D eigenvalue weighted by atomic mass is 16.5. The quantitative estimate of drug-likeness (QED) is 0.882. The lowest BCUT2D eigenvalue weighted by Gasteiger charge is -2.11. The number of nitrogens with zero attached hydrogens (tertiary/aromatic N) is 2. The predicted octanol–water partition coefficient (Wildman–Crippen LogP) is 2.43. The van der Waals surface area contributed by atoms with Gasteiger partial charge in [0.05, 0.1) is 22.8 Å². The minimum absolute atomic E-state index is 0.273. The van der Waals surface area contributed by atoms with Gasteiger partial charge in [-0.2, -0.15) is 0 Å². The summed E-state index contributed by atoms with van der Waals surface area (Å²) < 4.78 is 5.00. The molecule has 17 heavy (non-hydrogen) atoms. The maximum absolute atomic E-state index is 11.3. The lowest BCUT2D eigenvalue weighted by molar-refractivity contribution is 0.0694. The maximum atomic E-state index is 11.3. The third kappa shape index (κ3) is 2.00. The summed E-state index contributed by atoms with van der Waals surface area (Å²) in [6.45, 7) is 5.76. The molecule has 90 valence electrons. The van der Waals surface area contributed by atoms with E-state index in [0.29, 0.717) is 29.1 Å². The fourth-order valence-electron chi connectivity index (χ4n) is 1.99. The van der Waals surface area contributed by atoms with Gasteiger partial charge >= 0.3 is 5.97 Å². The van der Waals surface area contributed by atoms with Crippen molar-refractivity contribution in [1.29, 1.82) is 0 Å². The van der Waals surface area contributed by atoms with Crippen LogP contribution in [0.2, 0.25) is 0 Å². The highest BCUT2D eigenvalue weighted by molar-refractivity contribution is 5.96. The van der Waals surface area contributed by atoms with Crippen molar-refractivity contribution in [2.24, 2.45) is 5.92 Å². The highest BCUT2D eigenvalue weighted by Crippen LogP contribution is 2.25. The second-order valence-corrected chi connectivity index (χ2v) is 4.50. The average Bonchev–Trinajstić information content (AvgIpc) is 2.63. The molecule has 0 amide bonds. The molecular formula is C12H14N2O3. The molecule has 0 aliphatic rings. The van der Waals surface area contributed by atoms with Crippen LogP contribution >= 0.6 is 0 Å². The first-order chi connectivity index (χ1) is 8.00. The molecule has 0 aromatic carbocycles. The first kappa shape index (κ1) is 11.6. The smallest absolute Gasteiger partial charge is 0.337 e. The summed E-state index contributed by atoms with van der Waals surface area (Å²) in [5.41, 5.74) is 1.91. The molecule has 2 aromatic heterocycles. The zero-order valence-corrected chi connectivity index (χ0v) is 10.0. The van der Waals surface area contributed by atoms with Crippen LogP contribution < -0.4 is 0 Å². The van der Waals surface area contributed by atoms with Gasteiger partial charge in [-0.15, -0.1) is 0 Å². The normalized spacial score (nSPS) is 11.3. The Kier molecular flexibility index (Phi) is 2.83. The molecule has 0 unspecified atom stereocenters. The number of aromatic nitrogens is 2. The molecule has 2 heterocycles. The van der Waals surface area contributed by atoms with Crippen molar-refractivity contribution in [3.8, 4) is 0 Å². The van der Waals surface area contributed by atoms with Crippen LogP contribution in [0.25, 0.3) is 11.1 Å². The summed E-state index contributed by atoms with van der Waals surface area (Å²) in [6.07, 6.45) is 2.20. The monoisotopic (exact) mass is 234 g/mol. The van der Waals surface area contributed by atoms with Gasteiger partial charge in [0.2, 0.25) is 0 Å². The Bertz CT molecular complexity index is 572. The maximum Gasteiger partial charge on any atom is 0.337 e. The number of aromatic carboxylic acids is 1. The lowest BCUT2D eigenvalue weighted by Crippen LogP contribution is -2.09. The summed E-state index contributed by atoms with van der Waals surface area (Å²) >= 11 is 0. The SMILES string of the molecule is Cc1nc2oncc2c(CC(C)C)c1C(=O)O. The molecule has 1 N–H and O–H groups in total. The molecule has 0 saturated carbocycles. The van der Waals surface area contributed by atoms with Crippen LogP contribution in [-0.2, 0) is 6.42 Å². The van der Waals surface area contributed by atoms with E-state index in [1.54, 1.807) is 6.92 Å². The topological polar surface area (TPSA) is 76.2 Å². The molecule has 5 nitrogen and oxygen atoms in total. The number of hydrogen-bond acceptors (Lipinski definition) is 4. The average molecular weight is 234 g/mol. The molecule has 0 aliphatic heterocycles. The van der Waals surface area contributed by atoms with E-state index < -0.39 is 5.97 Å². The number of fused-ring (bicyclic) bond motifs is 1. The Balaban J connectivity index is 2.75. The zero-order chi connectivity index (χ0) is 12.6. The van der Waals surface area contributed by atoms with Crippen LogP contribution in [0.4, 0.5) is 0 Å². The molecule has 0 fully saturated rings. The van der Waals surface area contributed by atoms with Gasteiger partial charge in [0, 0.05) is 0 Å². The molecule has 0 spiro atoms. The van der Waals surface area contributed by atoms with E-state index in [4.69, 9.17) is 4.52 Å². The molecular weight excluding hydrogens is 220 g/mol. The van der Waals surface area contributed by atoms with E-state index in [9.17, 15) is 9.90 Å². The number of carboxylic acids is 1. The van der Waals surface area contributed by atoms with Crippen molar-refractivity contribution in [1.82, 2.24) is 10.1 Å². The molecule has 0 bridgehead atoms. The fourth-order valence-corrected chi connectivity index (χ4v) is 1.99. The Labute approximate surface area is 98.4 Å². The van der Waals surface area contributed by atoms with E-state index in [1.165, 1.54) is 6.20 Å². The first-order valence-corrected chi connectivity index (χ1v) is 5.48. The van der Waals surface area contributed by atoms with E-state index in [2.05, 4.69) is 10.1 Å². The number of aryl methyl sites for hydroxylation is 1. The fraction of sp³-hybridized carbons (Fsp3) is 0.417. The van der Waals surface area contributed by atoms with Crippen LogP contribution in [0.15, 0.2) is 10.7 Å². The lowest BCUT2D eigenvalue weighted by atomic mass is 9.95. The molecule has 5 heteroatoms. The highest BCUT2D eigenvalue weighted by Gasteiger charge is 2.20. The van der Waals surface area contributed by atoms with Crippen molar-refractivity contribution in [2.45, 2.75) is 27.2 Å². The summed E-state index contributed by atoms with van der Waals surface area (Å²) in [4.78, 5) is 15.4. The second kappa shape index (κ2) is 4.16. The van der Waals surface area contributed by atoms with Gasteiger partial charge in [-0.3, -0.25) is 0 Å². The van der Waals surface area contributed by atoms with E-state index in [-0.39, 0.29) is 5.56 Å². The number of rotatable bonds is 3. The van der Waals surface area contributed by atoms with Crippen LogP contribution in [0.5, 0.6) is 0 Å². The standard InChI is InChI=1S/C12H14N2O3/c1-6(2)4-8-9-5-13-17-11(9)14-7(3)10(8)12(15)16/h5-6H,4H2,1-3H3,(H,15,16). The minimum Gasteiger partial charge on any atom is -0.478 e. The van der Waals surface area contributed by atoms with Gasteiger partial charge in [0.1, 0.15) is 0 Å². The van der Waals surface area contributed by atoms with E-state index in [1.807, 2.05) is 13.8 Å². The van der Waals surface area contributed by atoms with Crippen LogP contribution in [0, 0.1) is 12.8 Å². The van der Waals surface area contributed by atoms with Gasteiger partial charge in [-0.25, -0.2) is 9.78 Å². The number of carbonyl (C=O) groups is 1. The molecule has 0 saturated heterocycles. The molecule has 2 rings (SSSR count). The van der Waals surface area contributed by atoms with Crippen molar-refractivity contribution >= 4 is 17.1 Å².